The molecule has 0 unspecified atom stereocenters. The van der Waals surface area contributed by atoms with Crippen molar-refractivity contribution in [3.63, 3.8) is 0 Å². The topological polar surface area (TPSA) is 74.8 Å². The van der Waals surface area contributed by atoms with Crippen LogP contribution < -0.4 is 4.72 Å². The average molecular weight is 231 g/mol. The zero-order valence-electron chi connectivity index (χ0n) is 9.24. The van der Waals surface area contributed by atoms with Gasteiger partial charge in [0, 0.05) is 11.8 Å². The van der Waals surface area contributed by atoms with Gasteiger partial charge in [-0.3, -0.25) is 9.82 Å². The number of rotatable bonds is 5. The Morgan fingerprint density at radius 2 is 2.20 bits per heavy atom. The van der Waals surface area contributed by atoms with E-state index in [9.17, 15) is 8.42 Å². The smallest absolute Gasteiger partial charge is 0.234 e. The maximum atomic E-state index is 11.5. The highest BCUT2D eigenvalue weighted by Gasteiger charge is 2.14. The lowest BCUT2D eigenvalue weighted by atomic mass is 10.3. The quantitative estimate of drug-likeness (QED) is 0.803. The van der Waals surface area contributed by atoms with E-state index in [4.69, 9.17) is 0 Å². The lowest BCUT2D eigenvalue weighted by molar-refractivity contribution is 0.587. The minimum atomic E-state index is -3.26. The van der Waals surface area contributed by atoms with Crippen LogP contribution in [0.2, 0.25) is 0 Å². The number of hydrogen-bond donors (Lipinski definition) is 2. The van der Waals surface area contributed by atoms with E-state index >= 15 is 0 Å². The fourth-order valence-electron chi connectivity index (χ4n) is 1.23. The summed E-state index contributed by atoms with van der Waals surface area (Å²) in [5.74, 6) is 0.584. The number of aromatic nitrogens is 2. The Bertz CT molecular complexity index is 409. The monoisotopic (exact) mass is 231 g/mol. The minimum Gasteiger partial charge on any atom is -0.280 e. The highest BCUT2D eigenvalue weighted by Crippen LogP contribution is 2.09. The van der Waals surface area contributed by atoms with Gasteiger partial charge in [-0.2, -0.15) is 5.10 Å². The fourth-order valence-corrected chi connectivity index (χ4v) is 2.62. The van der Waals surface area contributed by atoms with Crippen LogP contribution in [0.3, 0.4) is 0 Å². The first-order valence-corrected chi connectivity index (χ1v) is 6.63. The second kappa shape index (κ2) is 4.65. The summed E-state index contributed by atoms with van der Waals surface area (Å²) in [5, 5.41) is 6.62. The van der Waals surface area contributed by atoms with Crippen LogP contribution in [0.5, 0.6) is 0 Å². The Morgan fingerprint density at radius 1 is 1.53 bits per heavy atom. The van der Waals surface area contributed by atoms with Gasteiger partial charge in [0.2, 0.25) is 10.0 Å². The number of hydrogen-bond acceptors (Lipinski definition) is 3. The molecular weight excluding hydrogens is 214 g/mol. The molecule has 1 aromatic heterocycles. The van der Waals surface area contributed by atoms with E-state index in [1.165, 1.54) is 0 Å². The van der Waals surface area contributed by atoms with Crippen molar-refractivity contribution in [3.05, 3.63) is 11.8 Å². The predicted octanol–water partition coefficient (Wildman–Crippen LogP) is 1.37. The van der Waals surface area contributed by atoms with Gasteiger partial charge >= 0.3 is 0 Å². The molecule has 1 rings (SSSR count). The van der Waals surface area contributed by atoms with Gasteiger partial charge in [0.05, 0.1) is 5.75 Å². The van der Waals surface area contributed by atoms with Gasteiger partial charge in [-0.05, 0) is 12.3 Å². The van der Waals surface area contributed by atoms with Crippen molar-refractivity contribution in [2.24, 2.45) is 5.92 Å². The van der Waals surface area contributed by atoms with E-state index in [1.807, 2.05) is 20.8 Å². The van der Waals surface area contributed by atoms with E-state index in [0.29, 0.717) is 5.82 Å². The zero-order valence-corrected chi connectivity index (χ0v) is 10.1. The molecule has 0 aliphatic heterocycles. The first kappa shape index (κ1) is 12.0. The van der Waals surface area contributed by atoms with E-state index in [2.05, 4.69) is 14.9 Å². The first-order valence-electron chi connectivity index (χ1n) is 4.97. The van der Waals surface area contributed by atoms with Crippen molar-refractivity contribution in [2.75, 3.05) is 10.5 Å². The summed E-state index contributed by atoms with van der Waals surface area (Å²) in [6, 6.07) is 1.71. The fraction of sp³-hybridized carbons (Fsp3) is 0.667. The van der Waals surface area contributed by atoms with Gasteiger partial charge in [0.15, 0.2) is 5.82 Å². The molecule has 0 aliphatic rings. The molecule has 15 heavy (non-hydrogen) atoms. The van der Waals surface area contributed by atoms with Crippen LogP contribution in [-0.2, 0) is 16.4 Å². The summed E-state index contributed by atoms with van der Waals surface area (Å²) in [4.78, 5) is 0. The van der Waals surface area contributed by atoms with Crippen LogP contribution in [0, 0.1) is 5.92 Å². The number of H-pyrrole nitrogens is 1. The van der Waals surface area contributed by atoms with Crippen LogP contribution in [0.15, 0.2) is 6.07 Å². The molecule has 0 atom stereocenters. The Hall–Kier alpha value is -1.04. The number of anilines is 1. The Labute approximate surface area is 90.3 Å². The third kappa shape index (κ3) is 3.91. The largest absolute Gasteiger partial charge is 0.280 e. The standard InChI is InChI=1S/C9H17N3O2S/c1-4-8-5-9(11-10-8)12-15(13,14)6-7(2)3/h5,7H,4,6H2,1-3H3,(H2,10,11,12). The van der Waals surface area contributed by atoms with Crippen molar-refractivity contribution < 1.29 is 8.42 Å². The lowest BCUT2D eigenvalue weighted by Gasteiger charge is -2.06. The van der Waals surface area contributed by atoms with Crippen LogP contribution >= 0.6 is 0 Å². The molecule has 1 aromatic rings. The Balaban J connectivity index is 2.69. The van der Waals surface area contributed by atoms with Crippen molar-refractivity contribution >= 4 is 15.8 Å². The number of nitrogens with one attached hydrogen (secondary N) is 2. The molecule has 0 fully saturated rings. The molecule has 0 aromatic carbocycles. The van der Waals surface area contributed by atoms with Gasteiger partial charge < -0.3 is 0 Å². The molecule has 0 amide bonds. The second-order valence-corrected chi connectivity index (χ2v) is 5.68. The van der Waals surface area contributed by atoms with Gasteiger partial charge in [-0.25, -0.2) is 8.42 Å². The summed E-state index contributed by atoms with van der Waals surface area (Å²) >= 11 is 0. The lowest BCUT2D eigenvalue weighted by Crippen LogP contribution is -2.20. The molecule has 86 valence electrons. The molecule has 0 saturated carbocycles. The summed E-state index contributed by atoms with van der Waals surface area (Å²) in [5.41, 5.74) is 0.914. The number of aryl methyl sites for hydroxylation is 1. The van der Waals surface area contributed by atoms with E-state index < -0.39 is 10.0 Å². The molecule has 0 spiro atoms. The predicted molar refractivity (Wildman–Crippen MR) is 60.2 cm³/mol. The molecule has 0 saturated heterocycles. The van der Waals surface area contributed by atoms with Crippen molar-refractivity contribution in [3.8, 4) is 0 Å². The molecule has 6 heteroatoms. The summed E-state index contributed by atoms with van der Waals surface area (Å²) in [6.45, 7) is 5.70. The van der Waals surface area contributed by atoms with Gasteiger partial charge in [-0.1, -0.05) is 20.8 Å². The Morgan fingerprint density at radius 3 is 2.67 bits per heavy atom. The third-order valence-corrected chi connectivity index (χ3v) is 3.45. The molecule has 5 nitrogen and oxygen atoms in total. The summed E-state index contributed by atoms with van der Waals surface area (Å²) < 4.78 is 25.5. The SMILES string of the molecule is CCc1cc(NS(=O)(=O)CC(C)C)n[nH]1. The second-order valence-electron chi connectivity index (χ2n) is 3.91. The average Bonchev–Trinajstić information content (AvgIpc) is 2.48. The molecule has 0 bridgehead atoms. The first-order chi connectivity index (χ1) is 6.93. The molecular formula is C9H17N3O2S. The maximum absolute atomic E-state index is 11.5. The zero-order chi connectivity index (χ0) is 11.5. The Kier molecular flexibility index (Phi) is 3.73. The molecule has 2 N–H and O–H groups in total. The van der Waals surface area contributed by atoms with Crippen LogP contribution in [0.4, 0.5) is 5.82 Å². The van der Waals surface area contributed by atoms with Crippen LogP contribution in [0.25, 0.3) is 0 Å². The van der Waals surface area contributed by atoms with E-state index in [0.717, 1.165) is 12.1 Å². The minimum absolute atomic E-state index is 0.104. The van der Waals surface area contributed by atoms with Crippen molar-refractivity contribution in [1.82, 2.24) is 10.2 Å². The van der Waals surface area contributed by atoms with Crippen molar-refractivity contribution in [2.45, 2.75) is 27.2 Å². The number of aromatic amines is 1. The summed E-state index contributed by atoms with van der Waals surface area (Å²) in [7, 11) is -3.26. The maximum Gasteiger partial charge on any atom is 0.234 e. The van der Waals surface area contributed by atoms with Gasteiger partial charge in [0.25, 0.3) is 0 Å². The van der Waals surface area contributed by atoms with E-state index in [1.54, 1.807) is 6.07 Å². The van der Waals surface area contributed by atoms with Gasteiger partial charge in [-0.15, -0.1) is 0 Å². The van der Waals surface area contributed by atoms with E-state index in [-0.39, 0.29) is 11.7 Å². The van der Waals surface area contributed by atoms with Gasteiger partial charge in [0.1, 0.15) is 0 Å². The molecule has 0 aliphatic carbocycles. The third-order valence-electron chi connectivity index (χ3n) is 1.82. The van der Waals surface area contributed by atoms with Crippen LogP contribution in [0.1, 0.15) is 26.5 Å². The van der Waals surface area contributed by atoms with Crippen molar-refractivity contribution in [1.29, 1.82) is 0 Å². The highest BCUT2D eigenvalue weighted by molar-refractivity contribution is 7.92. The highest BCUT2D eigenvalue weighted by atomic mass is 32.2. The molecule has 1 heterocycles. The number of nitrogens with zero attached hydrogens (tertiary/aromatic N) is 1. The normalized spacial score (nSPS) is 12.0. The van der Waals surface area contributed by atoms with Crippen LogP contribution in [-0.4, -0.2) is 24.4 Å². The number of sulfonamides is 1. The molecule has 0 radical (unpaired) electrons. The summed E-state index contributed by atoms with van der Waals surface area (Å²) in [6.07, 6.45) is 0.804.